The average Bonchev–Trinajstić information content (AvgIpc) is 2.82. The van der Waals surface area contributed by atoms with Crippen LogP contribution in [0.4, 0.5) is 23.2 Å². The highest BCUT2D eigenvalue weighted by Crippen LogP contribution is 2.28. The Kier molecular flexibility index (Phi) is 4.59. The molecule has 1 aromatic carbocycles. The van der Waals surface area contributed by atoms with Crippen LogP contribution in [-0.2, 0) is 12.3 Å². The Morgan fingerprint density at radius 2 is 2.09 bits per heavy atom. The summed E-state index contributed by atoms with van der Waals surface area (Å²) >= 11 is 0.837. The number of aromatic nitrogens is 4. The zero-order valence-electron chi connectivity index (χ0n) is 10.6. The molecule has 7 nitrogen and oxygen atoms in total. The molecule has 0 aliphatic carbocycles. The van der Waals surface area contributed by atoms with Crippen molar-refractivity contribution in [1.82, 2.24) is 20.2 Å². The molecule has 0 bridgehead atoms. The van der Waals surface area contributed by atoms with Crippen LogP contribution >= 0.6 is 11.8 Å². The topological polar surface area (TPSA) is 86.7 Å². The van der Waals surface area contributed by atoms with Crippen LogP contribution in [0.5, 0.6) is 0 Å². The van der Waals surface area contributed by atoms with Gasteiger partial charge < -0.3 is 0 Å². The third kappa shape index (κ3) is 4.13. The van der Waals surface area contributed by atoms with Crippen LogP contribution in [0.2, 0.25) is 0 Å². The van der Waals surface area contributed by atoms with E-state index < -0.39 is 29.1 Å². The number of nitro benzene ring substituents is 1. The van der Waals surface area contributed by atoms with Crippen LogP contribution < -0.4 is 0 Å². The molecule has 0 fully saturated rings. The van der Waals surface area contributed by atoms with E-state index in [0.29, 0.717) is 4.68 Å². The third-order valence-electron chi connectivity index (χ3n) is 2.42. The van der Waals surface area contributed by atoms with E-state index in [4.69, 9.17) is 0 Å². The van der Waals surface area contributed by atoms with Crippen molar-refractivity contribution in [3.63, 3.8) is 0 Å². The molecule has 1 aromatic heterocycles. The van der Waals surface area contributed by atoms with Crippen LogP contribution in [0.3, 0.4) is 0 Å². The van der Waals surface area contributed by atoms with Crippen molar-refractivity contribution in [1.29, 1.82) is 0 Å². The van der Waals surface area contributed by atoms with Crippen molar-refractivity contribution < 1.29 is 22.5 Å². The van der Waals surface area contributed by atoms with Gasteiger partial charge in [0.05, 0.1) is 16.7 Å². The third-order valence-corrected chi connectivity index (χ3v) is 3.46. The first kappa shape index (κ1) is 16.1. The number of non-ortho nitro benzene ring substituents is 1. The highest BCUT2D eigenvalue weighted by atomic mass is 32.2. The maximum Gasteiger partial charge on any atom is 0.408 e. The smallest absolute Gasteiger partial charge is 0.258 e. The number of rotatable bonds is 5. The summed E-state index contributed by atoms with van der Waals surface area (Å²) in [5.74, 6) is -1.04. The van der Waals surface area contributed by atoms with Gasteiger partial charge in [-0.1, -0.05) is 0 Å². The summed E-state index contributed by atoms with van der Waals surface area (Å²) in [6.07, 6.45) is -4.48. The van der Waals surface area contributed by atoms with Crippen molar-refractivity contribution in [2.75, 3.05) is 0 Å². The maximum absolute atomic E-state index is 13.6. The number of thioether (sulfide) groups is 1. The van der Waals surface area contributed by atoms with Crippen LogP contribution in [0, 0.1) is 15.9 Å². The zero-order valence-corrected chi connectivity index (χ0v) is 11.4. The van der Waals surface area contributed by atoms with Gasteiger partial charge in [0.2, 0.25) is 0 Å². The van der Waals surface area contributed by atoms with Crippen molar-refractivity contribution in [3.05, 3.63) is 40.0 Å². The Hall–Kier alpha value is -2.24. The minimum Gasteiger partial charge on any atom is -0.258 e. The highest BCUT2D eigenvalue weighted by molar-refractivity contribution is 7.98. The molecule has 0 saturated carbocycles. The number of nitrogens with zero attached hydrogens (tertiary/aromatic N) is 5. The van der Waals surface area contributed by atoms with Gasteiger partial charge in [-0.25, -0.2) is 9.07 Å². The lowest BCUT2D eigenvalue weighted by atomic mass is 10.3. The number of hydrogen-bond donors (Lipinski definition) is 0. The van der Waals surface area contributed by atoms with E-state index in [9.17, 15) is 27.7 Å². The van der Waals surface area contributed by atoms with E-state index in [1.807, 2.05) is 0 Å². The lowest BCUT2D eigenvalue weighted by Gasteiger charge is -2.07. The summed E-state index contributed by atoms with van der Waals surface area (Å²) in [5, 5.41) is 20.3. The Balaban J connectivity index is 2.08. The Morgan fingerprint density at radius 1 is 1.36 bits per heavy atom. The minimum absolute atomic E-state index is 0.0483. The number of alkyl halides is 3. The van der Waals surface area contributed by atoms with Crippen molar-refractivity contribution >= 4 is 17.4 Å². The Labute approximate surface area is 124 Å². The number of hydrogen-bond acceptors (Lipinski definition) is 6. The minimum atomic E-state index is -4.48. The van der Waals surface area contributed by atoms with Gasteiger partial charge in [0.1, 0.15) is 12.4 Å². The quantitative estimate of drug-likeness (QED) is 0.361. The summed E-state index contributed by atoms with van der Waals surface area (Å²) in [7, 11) is 0. The Bertz CT molecular complexity index is 690. The van der Waals surface area contributed by atoms with Crippen molar-refractivity contribution in [3.8, 4) is 0 Å². The lowest BCUT2D eigenvalue weighted by molar-refractivity contribution is -0.385. The van der Waals surface area contributed by atoms with Gasteiger partial charge >= 0.3 is 6.18 Å². The molecular formula is C10H7F4N5O2S. The summed E-state index contributed by atoms with van der Waals surface area (Å²) < 4.78 is 51.1. The first-order valence-corrected chi connectivity index (χ1v) is 6.63. The predicted molar refractivity (Wildman–Crippen MR) is 66.5 cm³/mol. The molecule has 1 heterocycles. The molecule has 0 N–H and O–H groups in total. The largest absolute Gasteiger partial charge is 0.408 e. The highest BCUT2D eigenvalue weighted by Gasteiger charge is 2.30. The molecule has 118 valence electrons. The average molecular weight is 337 g/mol. The van der Waals surface area contributed by atoms with Crippen LogP contribution in [-0.4, -0.2) is 31.3 Å². The second kappa shape index (κ2) is 6.25. The van der Waals surface area contributed by atoms with Crippen molar-refractivity contribution in [2.45, 2.75) is 23.4 Å². The van der Waals surface area contributed by atoms with Crippen LogP contribution in [0.15, 0.2) is 23.1 Å². The van der Waals surface area contributed by atoms with Gasteiger partial charge in [-0.05, 0) is 16.5 Å². The van der Waals surface area contributed by atoms with Gasteiger partial charge in [0.25, 0.3) is 5.69 Å². The number of halogens is 4. The predicted octanol–water partition coefficient (Wildman–Crippen LogP) is 2.58. The van der Waals surface area contributed by atoms with E-state index in [-0.39, 0.29) is 16.5 Å². The molecule has 0 saturated heterocycles. The SMILES string of the molecule is O=[N+]([O-])c1ccc(SCc2nnnn2CC(F)(F)F)c(F)c1. The number of tetrazole rings is 1. The molecule has 0 spiro atoms. The van der Waals surface area contributed by atoms with Crippen molar-refractivity contribution in [2.24, 2.45) is 0 Å². The summed E-state index contributed by atoms with van der Waals surface area (Å²) in [6, 6.07) is 3.02. The van der Waals surface area contributed by atoms with Gasteiger partial charge in [0, 0.05) is 11.0 Å². The maximum atomic E-state index is 13.6. The normalized spacial score (nSPS) is 11.6. The molecular weight excluding hydrogens is 330 g/mol. The fourth-order valence-corrected chi connectivity index (χ4v) is 2.33. The summed E-state index contributed by atoms with van der Waals surface area (Å²) in [4.78, 5) is 9.78. The molecule has 22 heavy (non-hydrogen) atoms. The van der Waals surface area contributed by atoms with E-state index in [1.165, 1.54) is 6.07 Å². The fourth-order valence-electron chi connectivity index (χ4n) is 1.48. The molecule has 0 atom stereocenters. The van der Waals surface area contributed by atoms with E-state index in [1.54, 1.807) is 0 Å². The van der Waals surface area contributed by atoms with Gasteiger partial charge in [-0.2, -0.15) is 13.2 Å². The molecule has 0 aliphatic rings. The molecule has 0 aliphatic heterocycles. The molecule has 2 rings (SSSR count). The van der Waals surface area contributed by atoms with E-state index in [0.717, 1.165) is 23.9 Å². The van der Waals surface area contributed by atoms with E-state index in [2.05, 4.69) is 15.5 Å². The van der Waals surface area contributed by atoms with Crippen LogP contribution in [0.25, 0.3) is 0 Å². The standard InChI is InChI=1S/C10H7F4N5O2S/c11-7-3-6(19(20)21)1-2-8(7)22-4-9-15-16-17-18(9)5-10(12,13)14/h1-3H,4-5H2. The zero-order chi connectivity index (χ0) is 16.3. The van der Waals surface area contributed by atoms with Gasteiger partial charge in [0.15, 0.2) is 5.82 Å². The second-order valence-corrected chi connectivity index (χ2v) is 5.05. The number of benzene rings is 1. The molecule has 2 aromatic rings. The molecule has 12 heteroatoms. The monoisotopic (exact) mass is 337 g/mol. The second-order valence-electron chi connectivity index (χ2n) is 4.03. The Morgan fingerprint density at radius 3 is 2.68 bits per heavy atom. The summed E-state index contributed by atoms with van der Waals surface area (Å²) in [6.45, 7) is -1.35. The van der Waals surface area contributed by atoms with Crippen LogP contribution in [0.1, 0.15) is 5.82 Å². The van der Waals surface area contributed by atoms with E-state index >= 15 is 0 Å². The van der Waals surface area contributed by atoms with Gasteiger partial charge in [-0.3, -0.25) is 10.1 Å². The molecule has 0 unspecified atom stereocenters. The lowest BCUT2D eigenvalue weighted by Crippen LogP contribution is -2.20. The first-order chi connectivity index (χ1) is 10.3. The molecule has 0 amide bonds. The van der Waals surface area contributed by atoms with Gasteiger partial charge in [-0.15, -0.1) is 16.9 Å². The fraction of sp³-hybridized carbons (Fsp3) is 0.300. The number of nitro groups is 1. The first-order valence-electron chi connectivity index (χ1n) is 5.65. The molecule has 0 radical (unpaired) electrons. The summed E-state index contributed by atoms with van der Waals surface area (Å²) in [5.41, 5.74) is -0.413.